The van der Waals surface area contributed by atoms with Crippen LogP contribution in [0.5, 0.6) is 0 Å². The van der Waals surface area contributed by atoms with E-state index in [0.29, 0.717) is 6.42 Å². The van der Waals surface area contributed by atoms with Gasteiger partial charge in [0.15, 0.2) is 6.29 Å². The summed E-state index contributed by atoms with van der Waals surface area (Å²) in [4.78, 5) is 13.0. The third kappa shape index (κ3) is 43.6. The minimum atomic E-state index is -1.56. The van der Waals surface area contributed by atoms with E-state index in [2.05, 4.69) is 19.2 Å². The second-order valence-electron chi connectivity index (χ2n) is 22.9. The predicted molar refractivity (Wildman–Crippen MR) is 309 cm³/mol. The molecule has 1 heterocycles. The van der Waals surface area contributed by atoms with Crippen LogP contribution in [0.4, 0.5) is 0 Å². The zero-order valence-corrected chi connectivity index (χ0v) is 48.4. The fourth-order valence-electron chi connectivity index (χ4n) is 10.8. The van der Waals surface area contributed by atoms with E-state index in [1.165, 1.54) is 276 Å². The van der Waals surface area contributed by atoms with Gasteiger partial charge >= 0.3 is 0 Å². The maximum atomic E-state index is 13.0. The first-order valence-corrected chi connectivity index (χ1v) is 32.4. The first-order valence-electron chi connectivity index (χ1n) is 32.4. The number of ether oxygens (including phenoxy) is 2. The van der Waals surface area contributed by atoms with E-state index in [9.17, 15) is 30.3 Å². The summed E-state index contributed by atoms with van der Waals surface area (Å²) in [6.07, 6.45) is 62.2. The van der Waals surface area contributed by atoms with Gasteiger partial charge in [-0.15, -0.1) is 0 Å². The number of hydrogen-bond donors (Lipinski definition) is 6. The van der Waals surface area contributed by atoms with E-state index in [1.807, 2.05) is 6.08 Å². The standard InChI is InChI=1S/C64H125NO8/c1-3-5-7-9-11-13-14-15-16-17-18-19-20-21-22-23-24-25-26-27-28-29-30-31-32-33-34-35-36-37-38-39-40-41-42-43-44-46-48-50-52-54-60(68)65-57(58(67)53-51-49-47-45-12-10-8-6-4-2)56-72-64-63(71)62(70)61(69)59(55-66)73-64/h51,53,57-59,61-64,66-67,69-71H,3-50,52,54-56H2,1-2H3,(H,65,68)/b53-51+. The van der Waals surface area contributed by atoms with Crippen molar-refractivity contribution in [1.82, 2.24) is 5.32 Å². The number of amides is 1. The zero-order valence-electron chi connectivity index (χ0n) is 48.4. The first-order chi connectivity index (χ1) is 35.8. The molecule has 0 aliphatic carbocycles. The highest BCUT2D eigenvalue weighted by Crippen LogP contribution is 2.23. The van der Waals surface area contributed by atoms with E-state index in [-0.39, 0.29) is 12.5 Å². The zero-order chi connectivity index (χ0) is 52.9. The van der Waals surface area contributed by atoms with Crippen molar-refractivity contribution >= 4 is 5.91 Å². The van der Waals surface area contributed by atoms with Crippen LogP contribution in [0.1, 0.15) is 335 Å². The molecule has 0 bridgehead atoms. The Hall–Kier alpha value is -1.07. The van der Waals surface area contributed by atoms with Crippen LogP contribution in [0, 0.1) is 0 Å². The van der Waals surface area contributed by atoms with Crippen molar-refractivity contribution in [3.8, 4) is 0 Å². The minimum Gasteiger partial charge on any atom is -0.394 e. The van der Waals surface area contributed by atoms with E-state index in [1.54, 1.807) is 6.08 Å². The predicted octanol–water partition coefficient (Wildman–Crippen LogP) is 16.7. The molecule has 1 saturated heterocycles. The normalized spacial score (nSPS) is 19.0. The van der Waals surface area contributed by atoms with Crippen LogP contribution in [-0.2, 0) is 14.3 Å². The van der Waals surface area contributed by atoms with Crippen LogP contribution >= 0.6 is 0 Å². The van der Waals surface area contributed by atoms with Crippen molar-refractivity contribution in [2.45, 2.75) is 378 Å². The summed E-state index contributed by atoms with van der Waals surface area (Å²) in [6.45, 7) is 3.78. The van der Waals surface area contributed by atoms with Gasteiger partial charge in [-0.25, -0.2) is 0 Å². The van der Waals surface area contributed by atoms with Crippen molar-refractivity contribution in [3.05, 3.63) is 12.2 Å². The third-order valence-electron chi connectivity index (χ3n) is 15.9. The van der Waals surface area contributed by atoms with Crippen LogP contribution in [0.3, 0.4) is 0 Å². The van der Waals surface area contributed by atoms with Crippen molar-refractivity contribution in [2.75, 3.05) is 13.2 Å². The molecule has 0 spiro atoms. The second-order valence-corrected chi connectivity index (χ2v) is 22.9. The molecule has 1 aliphatic rings. The van der Waals surface area contributed by atoms with Crippen molar-refractivity contribution < 1.29 is 39.8 Å². The molecule has 1 aliphatic heterocycles. The molecule has 7 unspecified atom stereocenters. The van der Waals surface area contributed by atoms with Crippen LogP contribution < -0.4 is 5.32 Å². The first kappa shape index (κ1) is 69.9. The fourth-order valence-corrected chi connectivity index (χ4v) is 10.8. The number of aliphatic hydroxyl groups excluding tert-OH is 5. The van der Waals surface area contributed by atoms with Gasteiger partial charge in [0.2, 0.25) is 5.91 Å². The molecule has 0 saturated carbocycles. The van der Waals surface area contributed by atoms with Gasteiger partial charge in [-0.1, -0.05) is 321 Å². The third-order valence-corrected chi connectivity index (χ3v) is 15.9. The maximum absolute atomic E-state index is 13.0. The molecule has 434 valence electrons. The fraction of sp³-hybridized carbons (Fsp3) is 0.953. The average molecular weight is 1040 g/mol. The average Bonchev–Trinajstić information content (AvgIpc) is 3.39. The van der Waals surface area contributed by atoms with Gasteiger partial charge in [0.1, 0.15) is 24.4 Å². The summed E-state index contributed by atoms with van der Waals surface area (Å²) in [6, 6.07) is -0.798. The van der Waals surface area contributed by atoms with Crippen LogP contribution in [0.2, 0.25) is 0 Å². The Balaban J connectivity index is 1.94. The number of nitrogens with one attached hydrogen (secondary N) is 1. The SMILES string of the molecule is CCCCCCCCC/C=C/C(O)C(COC1OC(CO)C(O)C(O)C1O)NC(=O)CCCCCCCCCCCCCCCCCCCCCCCCCCCCCCCCCCCCCCCCCCC. The maximum Gasteiger partial charge on any atom is 0.220 e. The molecule has 0 radical (unpaired) electrons. The van der Waals surface area contributed by atoms with E-state index in [4.69, 9.17) is 9.47 Å². The number of unbranched alkanes of at least 4 members (excludes halogenated alkanes) is 47. The van der Waals surface area contributed by atoms with Gasteiger partial charge in [-0.05, 0) is 19.3 Å². The molecule has 0 aromatic heterocycles. The van der Waals surface area contributed by atoms with Crippen LogP contribution in [-0.4, -0.2) is 87.5 Å². The summed E-state index contributed by atoms with van der Waals surface area (Å²) < 4.78 is 11.2. The number of aliphatic hydroxyl groups is 5. The monoisotopic (exact) mass is 1040 g/mol. The molecule has 9 nitrogen and oxygen atoms in total. The van der Waals surface area contributed by atoms with Crippen molar-refractivity contribution in [3.63, 3.8) is 0 Å². The molecule has 1 fully saturated rings. The Bertz CT molecular complexity index is 1150. The highest BCUT2D eigenvalue weighted by molar-refractivity contribution is 5.76. The largest absolute Gasteiger partial charge is 0.394 e. The quantitative estimate of drug-likeness (QED) is 0.0261. The van der Waals surface area contributed by atoms with Gasteiger partial charge in [0, 0.05) is 6.42 Å². The molecule has 0 aromatic carbocycles. The summed E-state index contributed by atoms with van der Waals surface area (Å²) in [5, 5.41) is 54.2. The molecule has 1 rings (SSSR count). The summed E-state index contributed by atoms with van der Waals surface area (Å²) in [5.41, 5.74) is 0. The lowest BCUT2D eigenvalue weighted by Crippen LogP contribution is -2.60. The van der Waals surface area contributed by atoms with Crippen LogP contribution in [0.25, 0.3) is 0 Å². The smallest absolute Gasteiger partial charge is 0.220 e. The van der Waals surface area contributed by atoms with Crippen molar-refractivity contribution in [1.29, 1.82) is 0 Å². The molecule has 73 heavy (non-hydrogen) atoms. The highest BCUT2D eigenvalue weighted by Gasteiger charge is 2.44. The summed E-state index contributed by atoms with van der Waals surface area (Å²) in [7, 11) is 0. The molecule has 7 atom stereocenters. The lowest BCUT2D eigenvalue weighted by Gasteiger charge is -2.40. The van der Waals surface area contributed by atoms with Crippen LogP contribution in [0.15, 0.2) is 12.2 Å². The number of rotatable bonds is 57. The topological polar surface area (TPSA) is 149 Å². The lowest BCUT2D eigenvalue weighted by atomic mass is 9.99. The Morgan fingerprint density at radius 2 is 0.753 bits per heavy atom. The molecule has 0 aromatic rings. The van der Waals surface area contributed by atoms with Gasteiger partial charge in [-0.3, -0.25) is 4.79 Å². The second kappa shape index (κ2) is 54.3. The van der Waals surface area contributed by atoms with E-state index in [0.717, 1.165) is 38.5 Å². The Morgan fingerprint density at radius 3 is 1.07 bits per heavy atom. The number of carbonyl (C=O) groups excluding carboxylic acids is 1. The Kier molecular flexibility index (Phi) is 52.0. The van der Waals surface area contributed by atoms with Crippen molar-refractivity contribution in [2.24, 2.45) is 0 Å². The number of allylic oxidation sites excluding steroid dienone is 1. The molecule has 6 N–H and O–H groups in total. The number of carbonyl (C=O) groups is 1. The van der Waals surface area contributed by atoms with Gasteiger partial charge in [-0.2, -0.15) is 0 Å². The van der Waals surface area contributed by atoms with E-state index >= 15 is 0 Å². The highest BCUT2D eigenvalue weighted by atomic mass is 16.7. The summed E-state index contributed by atoms with van der Waals surface area (Å²) in [5.74, 6) is -0.173. The minimum absolute atomic E-state index is 0.173. The lowest BCUT2D eigenvalue weighted by molar-refractivity contribution is -0.302. The number of hydrogen-bond acceptors (Lipinski definition) is 8. The summed E-state index contributed by atoms with van der Waals surface area (Å²) >= 11 is 0. The van der Waals surface area contributed by atoms with Gasteiger partial charge < -0.3 is 40.3 Å². The Labute approximate surface area is 452 Å². The molecule has 9 heteroatoms. The molecular weight excluding hydrogens is 911 g/mol. The van der Waals surface area contributed by atoms with E-state index < -0.39 is 49.5 Å². The molecular formula is C64H125NO8. The molecule has 1 amide bonds. The van der Waals surface area contributed by atoms with Gasteiger partial charge in [0.05, 0.1) is 25.4 Å². The van der Waals surface area contributed by atoms with Gasteiger partial charge in [0.25, 0.3) is 0 Å². The Morgan fingerprint density at radius 1 is 0.452 bits per heavy atom.